The molecule has 0 amide bonds. The number of ether oxygens (including phenoxy) is 4. The SMILES string of the molecule is CC/C=C\C/C=C\C/C=C\C/C=C\C/C=C\C/C=C\CCC(=O)OCC(COP(=O)(O)OCC(O)COP(=O)(O)OCC(COC(=O)CCCCCCCC/C=C\C/C=C\C/C=C\CCCCC)OC(=O)CCC/C=C\C/C=C\C/C=C\C/C=C\C/C=C\CC)OC(=O)CCCCCCC/C=C\CCCC. The molecule has 0 aliphatic carbocycles. The highest BCUT2D eigenvalue weighted by atomic mass is 31.2. The largest absolute Gasteiger partial charge is 0.472 e. The number of allylic oxidation sites excluding steroid dienone is 30. The Balaban J connectivity index is 5.47. The molecule has 0 fully saturated rings. The number of esters is 4. The van der Waals surface area contributed by atoms with Gasteiger partial charge in [0.25, 0.3) is 0 Å². The number of unbranched alkanes of at least 4 members (excludes halogenated alkanes) is 17. The molecule has 0 aliphatic rings. The zero-order chi connectivity index (χ0) is 77.4. The maximum Gasteiger partial charge on any atom is 0.472 e. The first kappa shape index (κ1) is 100. The standard InChI is InChI=1S/C87H140O17P2/c1-5-9-13-17-21-25-29-32-35-38-40-43-45-48-52-55-59-63-67-71-84(89)97-77-82(103-86(91)73-69-65-61-57-51-28-24-20-16-12-8-4)79-101-105(93,94)99-75-81(88)76-100-106(95,96)102-80-83(104-87(92)74-70-66-62-58-54-50-47-42-37-34-31-27-23-19-15-11-7-3)78-98-85(90)72-68-64-60-56-53-49-46-44-41-39-36-33-30-26-22-18-14-10-6-2/h9,11,13,15,20-27,32-37,40-41,43-44,47-48,50,52,58-59,62-63,81-83,88H,5-8,10,12,14,16-19,28-31,38-39,42,45-46,49,51,53-57,60-61,64-80H2,1-4H3,(H,93,94)(H,95,96)/b13-9-,15-11-,24-20-,25-21-,26-22-,27-23-,35-32-,36-33-,37-34-,43-40-,44-41-,50-47-,52-48-,62-58-,63-59-. The van der Waals surface area contributed by atoms with Gasteiger partial charge >= 0.3 is 39.5 Å². The van der Waals surface area contributed by atoms with Crippen LogP contribution in [0.15, 0.2) is 182 Å². The summed E-state index contributed by atoms with van der Waals surface area (Å²) in [4.78, 5) is 72.9. The van der Waals surface area contributed by atoms with Crippen molar-refractivity contribution in [2.24, 2.45) is 0 Å². The lowest BCUT2D eigenvalue weighted by Gasteiger charge is -2.21. The van der Waals surface area contributed by atoms with Crippen molar-refractivity contribution in [1.29, 1.82) is 0 Å². The smallest absolute Gasteiger partial charge is 0.462 e. The Morgan fingerprint density at radius 3 is 0.887 bits per heavy atom. The quantitative estimate of drug-likeness (QED) is 0.0169. The normalized spacial score (nSPS) is 14.8. The van der Waals surface area contributed by atoms with E-state index in [1.165, 1.54) is 25.7 Å². The monoisotopic (exact) mass is 1520 g/mol. The third kappa shape index (κ3) is 76.4. The van der Waals surface area contributed by atoms with Crippen molar-refractivity contribution < 1.29 is 80.2 Å². The van der Waals surface area contributed by atoms with Gasteiger partial charge < -0.3 is 33.8 Å². The van der Waals surface area contributed by atoms with Crippen LogP contribution in [0.25, 0.3) is 0 Å². The molecule has 0 aromatic rings. The average Bonchev–Trinajstić information content (AvgIpc) is 0.901. The molecule has 5 unspecified atom stereocenters. The van der Waals surface area contributed by atoms with Crippen LogP contribution < -0.4 is 0 Å². The van der Waals surface area contributed by atoms with Crippen LogP contribution in [-0.2, 0) is 65.4 Å². The lowest BCUT2D eigenvalue weighted by Crippen LogP contribution is -2.30. The van der Waals surface area contributed by atoms with Gasteiger partial charge in [0.05, 0.1) is 26.4 Å². The van der Waals surface area contributed by atoms with E-state index in [9.17, 15) is 43.2 Å². The van der Waals surface area contributed by atoms with Crippen molar-refractivity contribution in [3.05, 3.63) is 182 Å². The molecule has 106 heavy (non-hydrogen) atoms. The van der Waals surface area contributed by atoms with Crippen LogP contribution in [-0.4, -0.2) is 96.7 Å². The van der Waals surface area contributed by atoms with Crippen LogP contribution in [0.5, 0.6) is 0 Å². The fourth-order valence-corrected chi connectivity index (χ4v) is 11.4. The number of carbonyl (C=O) groups is 4. The molecule has 0 radical (unpaired) electrons. The van der Waals surface area contributed by atoms with Gasteiger partial charge in [0.1, 0.15) is 19.3 Å². The van der Waals surface area contributed by atoms with E-state index in [2.05, 4.69) is 180 Å². The summed E-state index contributed by atoms with van der Waals surface area (Å²) in [5, 5.41) is 10.6. The first-order valence-corrected chi connectivity index (χ1v) is 43.0. The first-order chi connectivity index (χ1) is 51.7. The van der Waals surface area contributed by atoms with Gasteiger partial charge in [-0.1, -0.05) is 281 Å². The summed E-state index contributed by atoms with van der Waals surface area (Å²) in [6.07, 6.45) is 93.3. The molecule has 0 saturated carbocycles. The van der Waals surface area contributed by atoms with E-state index in [1.807, 2.05) is 30.4 Å². The first-order valence-electron chi connectivity index (χ1n) is 40.0. The Morgan fingerprint density at radius 2 is 0.528 bits per heavy atom. The zero-order valence-electron chi connectivity index (χ0n) is 65.5. The zero-order valence-corrected chi connectivity index (χ0v) is 67.3. The van der Waals surface area contributed by atoms with Crippen molar-refractivity contribution >= 4 is 39.5 Å². The van der Waals surface area contributed by atoms with E-state index in [0.29, 0.717) is 38.5 Å². The van der Waals surface area contributed by atoms with Crippen molar-refractivity contribution in [2.45, 2.75) is 303 Å². The van der Waals surface area contributed by atoms with Crippen LogP contribution in [0.2, 0.25) is 0 Å². The Labute approximate surface area is 641 Å². The van der Waals surface area contributed by atoms with Crippen molar-refractivity contribution in [3.8, 4) is 0 Å². The maximum absolute atomic E-state index is 13.1. The van der Waals surface area contributed by atoms with Crippen LogP contribution >= 0.6 is 15.6 Å². The van der Waals surface area contributed by atoms with Crippen LogP contribution in [0.3, 0.4) is 0 Å². The minimum Gasteiger partial charge on any atom is -0.462 e. The van der Waals surface area contributed by atoms with Gasteiger partial charge in [0.15, 0.2) is 12.2 Å². The number of rotatable bonds is 73. The summed E-state index contributed by atoms with van der Waals surface area (Å²) in [5.74, 6) is -2.38. The number of aliphatic hydroxyl groups excluding tert-OH is 1. The molecule has 0 spiro atoms. The summed E-state index contributed by atoms with van der Waals surface area (Å²) in [6, 6.07) is 0. The highest BCUT2D eigenvalue weighted by Gasteiger charge is 2.30. The van der Waals surface area contributed by atoms with Crippen molar-refractivity contribution in [3.63, 3.8) is 0 Å². The van der Waals surface area contributed by atoms with Crippen molar-refractivity contribution in [2.75, 3.05) is 39.6 Å². The molecule has 5 atom stereocenters. The van der Waals surface area contributed by atoms with Gasteiger partial charge in [-0.05, 0) is 161 Å². The summed E-state index contributed by atoms with van der Waals surface area (Å²) in [7, 11) is -10.0. The predicted molar refractivity (Wildman–Crippen MR) is 436 cm³/mol. The highest BCUT2D eigenvalue weighted by molar-refractivity contribution is 7.47. The number of carbonyl (C=O) groups excluding carboxylic acids is 4. The molecule has 0 aromatic carbocycles. The summed E-state index contributed by atoms with van der Waals surface area (Å²) < 4.78 is 68.4. The molecule has 0 aliphatic heterocycles. The lowest BCUT2D eigenvalue weighted by molar-refractivity contribution is -0.161. The van der Waals surface area contributed by atoms with Crippen LogP contribution in [0, 0.1) is 0 Å². The van der Waals surface area contributed by atoms with Crippen LogP contribution in [0.1, 0.15) is 285 Å². The molecule has 0 aromatic heterocycles. The lowest BCUT2D eigenvalue weighted by atomic mass is 10.1. The second-order valence-electron chi connectivity index (χ2n) is 25.9. The predicted octanol–water partition coefficient (Wildman–Crippen LogP) is 23.6. The fraction of sp³-hybridized carbons (Fsp3) is 0.609. The van der Waals surface area contributed by atoms with Gasteiger partial charge in [-0.2, -0.15) is 0 Å². The average molecular weight is 1520 g/mol. The summed E-state index contributed by atoms with van der Waals surface area (Å²) in [5.41, 5.74) is 0. The third-order valence-corrected chi connectivity index (χ3v) is 17.7. The molecule has 17 nitrogen and oxygen atoms in total. The van der Waals surface area contributed by atoms with Gasteiger partial charge in [-0.25, -0.2) is 9.13 Å². The Morgan fingerprint density at radius 1 is 0.274 bits per heavy atom. The van der Waals surface area contributed by atoms with Gasteiger partial charge in [-0.3, -0.25) is 37.3 Å². The summed E-state index contributed by atoms with van der Waals surface area (Å²) in [6.45, 7) is 4.38. The second kappa shape index (κ2) is 77.3. The van der Waals surface area contributed by atoms with E-state index < -0.39 is 97.5 Å². The number of hydrogen-bond acceptors (Lipinski definition) is 15. The molecule has 0 bridgehead atoms. The molecule has 19 heteroatoms. The molecular formula is C87H140O17P2. The second-order valence-corrected chi connectivity index (χ2v) is 28.8. The molecular weight excluding hydrogens is 1380 g/mol. The van der Waals surface area contributed by atoms with E-state index >= 15 is 0 Å². The highest BCUT2D eigenvalue weighted by Crippen LogP contribution is 2.45. The van der Waals surface area contributed by atoms with Gasteiger partial charge in [0, 0.05) is 25.7 Å². The van der Waals surface area contributed by atoms with E-state index in [0.717, 1.165) is 167 Å². The van der Waals surface area contributed by atoms with Crippen LogP contribution in [0.4, 0.5) is 0 Å². The molecule has 3 N–H and O–H groups in total. The van der Waals surface area contributed by atoms with Crippen molar-refractivity contribution in [1.82, 2.24) is 0 Å². The fourth-order valence-electron chi connectivity index (χ4n) is 9.80. The third-order valence-electron chi connectivity index (χ3n) is 15.8. The molecule has 600 valence electrons. The minimum absolute atomic E-state index is 0.00523. The van der Waals surface area contributed by atoms with Gasteiger partial charge in [-0.15, -0.1) is 0 Å². The molecule has 0 rings (SSSR count). The van der Waals surface area contributed by atoms with E-state index in [-0.39, 0.29) is 25.7 Å². The Hall–Kier alpha value is -5.84. The summed E-state index contributed by atoms with van der Waals surface area (Å²) >= 11 is 0. The number of aliphatic hydroxyl groups is 1. The Bertz CT molecular complexity index is 2730. The maximum atomic E-state index is 13.1. The van der Waals surface area contributed by atoms with Gasteiger partial charge in [0.2, 0.25) is 0 Å². The molecule has 0 heterocycles. The molecule has 0 saturated heterocycles. The number of phosphoric acid groups is 2. The number of phosphoric ester groups is 2. The van der Waals surface area contributed by atoms with E-state index in [1.54, 1.807) is 0 Å². The topological polar surface area (TPSA) is 237 Å². The van der Waals surface area contributed by atoms with E-state index in [4.69, 9.17) is 37.0 Å². The number of hydrogen-bond donors (Lipinski definition) is 3. The Kier molecular flexibility index (Phi) is 73.1. The minimum atomic E-state index is -5.01.